The van der Waals surface area contributed by atoms with E-state index in [1.807, 2.05) is 6.07 Å². The van der Waals surface area contributed by atoms with Crippen molar-refractivity contribution in [2.75, 3.05) is 6.61 Å². The highest BCUT2D eigenvalue weighted by Gasteiger charge is 2.11. The smallest absolute Gasteiger partial charge is 0.195 e. The zero-order chi connectivity index (χ0) is 16.5. The molecule has 0 aliphatic carbocycles. The Morgan fingerprint density at radius 2 is 1.92 bits per heavy atom. The maximum absolute atomic E-state index is 5.73. The van der Waals surface area contributed by atoms with Crippen LogP contribution in [0.25, 0.3) is 26.4 Å². The molecule has 0 spiro atoms. The maximum atomic E-state index is 5.73. The Labute approximate surface area is 145 Å². The number of fused-ring (bicyclic) bond motifs is 3. The first-order valence-corrected chi connectivity index (χ1v) is 9.24. The standard InChI is InChI=1S/C20H20N2OS/c1-3-11-23-16-9-10-18-19(12-16)24-20-21-17(13-22(18)20)15-7-5-14(4-2)6-8-15/h5-10,12-13H,3-4,11H2,1-2H3. The molecule has 3 nitrogen and oxygen atoms in total. The fraction of sp³-hybridized carbons (Fsp3) is 0.250. The molecule has 0 saturated carbocycles. The molecule has 2 heterocycles. The van der Waals surface area contributed by atoms with Gasteiger partial charge in [0, 0.05) is 11.8 Å². The number of aromatic nitrogens is 2. The van der Waals surface area contributed by atoms with E-state index in [-0.39, 0.29) is 0 Å². The number of nitrogens with zero attached hydrogens (tertiary/aromatic N) is 2. The van der Waals surface area contributed by atoms with E-state index in [0.717, 1.165) is 35.9 Å². The van der Waals surface area contributed by atoms with E-state index in [1.165, 1.54) is 21.3 Å². The Morgan fingerprint density at radius 3 is 2.67 bits per heavy atom. The van der Waals surface area contributed by atoms with Crippen molar-refractivity contribution >= 4 is 26.5 Å². The normalized spacial score (nSPS) is 11.4. The Morgan fingerprint density at radius 1 is 1.08 bits per heavy atom. The van der Waals surface area contributed by atoms with Gasteiger partial charge in [-0.25, -0.2) is 4.98 Å². The molecule has 0 amide bonds. The van der Waals surface area contributed by atoms with Gasteiger partial charge in [0.15, 0.2) is 4.96 Å². The number of rotatable bonds is 5. The van der Waals surface area contributed by atoms with Crippen molar-refractivity contribution in [2.45, 2.75) is 26.7 Å². The molecule has 0 saturated heterocycles. The highest BCUT2D eigenvalue weighted by molar-refractivity contribution is 7.23. The van der Waals surface area contributed by atoms with Gasteiger partial charge in [0.25, 0.3) is 0 Å². The van der Waals surface area contributed by atoms with E-state index in [0.29, 0.717) is 0 Å². The van der Waals surface area contributed by atoms with Gasteiger partial charge in [0.1, 0.15) is 5.75 Å². The largest absolute Gasteiger partial charge is 0.494 e. The fourth-order valence-corrected chi connectivity index (χ4v) is 3.88. The summed E-state index contributed by atoms with van der Waals surface area (Å²) in [6, 6.07) is 14.9. The second-order valence-corrected chi connectivity index (χ2v) is 6.92. The molecule has 4 aromatic rings. The average molecular weight is 336 g/mol. The minimum absolute atomic E-state index is 0.756. The summed E-state index contributed by atoms with van der Waals surface area (Å²) < 4.78 is 9.11. The summed E-state index contributed by atoms with van der Waals surface area (Å²) in [6.45, 7) is 5.05. The molecule has 0 aliphatic heterocycles. The third-order valence-corrected chi connectivity index (χ3v) is 5.21. The Hall–Kier alpha value is -2.33. The summed E-state index contributed by atoms with van der Waals surface area (Å²) in [5, 5.41) is 0. The van der Waals surface area contributed by atoms with Crippen molar-refractivity contribution in [1.82, 2.24) is 9.38 Å². The van der Waals surface area contributed by atoms with Gasteiger partial charge < -0.3 is 4.74 Å². The Balaban J connectivity index is 1.72. The Kier molecular flexibility index (Phi) is 3.98. The number of thiazole rings is 1. The summed E-state index contributed by atoms with van der Waals surface area (Å²) in [4.78, 5) is 5.83. The molecule has 0 atom stereocenters. The zero-order valence-corrected chi connectivity index (χ0v) is 14.8. The first kappa shape index (κ1) is 15.2. The van der Waals surface area contributed by atoms with E-state index in [2.05, 4.69) is 60.8 Å². The van der Waals surface area contributed by atoms with Gasteiger partial charge in [0.05, 0.1) is 22.5 Å². The topological polar surface area (TPSA) is 26.5 Å². The zero-order valence-electron chi connectivity index (χ0n) is 14.0. The minimum Gasteiger partial charge on any atom is -0.494 e. The van der Waals surface area contributed by atoms with E-state index in [9.17, 15) is 0 Å². The second-order valence-electron chi connectivity index (χ2n) is 5.91. The molecule has 0 aliphatic rings. The first-order valence-electron chi connectivity index (χ1n) is 8.42. The molecule has 0 fully saturated rings. The maximum Gasteiger partial charge on any atom is 0.195 e. The summed E-state index contributed by atoms with van der Waals surface area (Å²) in [6.07, 6.45) is 4.21. The van der Waals surface area contributed by atoms with Crippen LogP contribution >= 0.6 is 11.3 Å². The van der Waals surface area contributed by atoms with Gasteiger partial charge in [-0.2, -0.15) is 0 Å². The Bertz CT molecular complexity index is 982. The lowest BCUT2D eigenvalue weighted by Crippen LogP contribution is -1.94. The molecule has 0 bridgehead atoms. The highest BCUT2D eigenvalue weighted by Crippen LogP contribution is 2.31. The number of hydrogen-bond acceptors (Lipinski definition) is 3. The molecule has 24 heavy (non-hydrogen) atoms. The number of benzene rings is 2. The highest BCUT2D eigenvalue weighted by atomic mass is 32.1. The fourth-order valence-electron chi connectivity index (χ4n) is 2.84. The van der Waals surface area contributed by atoms with Crippen LogP contribution in [-0.2, 0) is 6.42 Å². The van der Waals surface area contributed by atoms with E-state index in [1.54, 1.807) is 11.3 Å². The quantitative estimate of drug-likeness (QED) is 0.476. The van der Waals surface area contributed by atoms with Crippen molar-refractivity contribution in [2.24, 2.45) is 0 Å². The van der Waals surface area contributed by atoms with Crippen LogP contribution in [0.3, 0.4) is 0 Å². The van der Waals surface area contributed by atoms with Crippen LogP contribution < -0.4 is 4.74 Å². The second kappa shape index (κ2) is 6.29. The molecule has 0 unspecified atom stereocenters. The minimum atomic E-state index is 0.756. The van der Waals surface area contributed by atoms with Crippen molar-refractivity contribution in [1.29, 1.82) is 0 Å². The molecule has 2 aromatic heterocycles. The van der Waals surface area contributed by atoms with Gasteiger partial charge >= 0.3 is 0 Å². The van der Waals surface area contributed by atoms with Gasteiger partial charge in [-0.1, -0.05) is 49.4 Å². The van der Waals surface area contributed by atoms with Crippen LogP contribution in [0.5, 0.6) is 5.75 Å². The number of hydrogen-bond donors (Lipinski definition) is 0. The molecule has 4 rings (SSSR count). The summed E-state index contributed by atoms with van der Waals surface area (Å²) >= 11 is 1.70. The van der Waals surface area contributed by atoms with E-state index < -0.39 is 0 Å². The molecular formula is C20H20N2OS. The van der Waals surface area contributed by atoms with Crippen LogP contribution in [0.2, 0.25) is 0 Å². The summed E-state index contributed by atoms with van der Waals surface area (Å²) in [5.41, 5.74) is 4.73. The van der Waals surface area contributed by atoms with Crippen molar-refractivity contribution in [3.63, 3.8) is 0 Å². The third-order valence-electron chi connectivity index (χ3n) is 4.20. The molecule has 0 N–H and O–H groups in total. The van der Waals surface area contributed by atoms with Crippen LogP contribution in [0.15, 0.2) is 48.7 Å². The van der Waals surface area contributed by atoms with Crippen LogP contribution in [-0.4, -0.2) is 16.0 Å². The third kappa shape index (κ3) is 2.67. The number of ether oxygens (including phenoxy) is 1. The van der Waals surface area contributed by atoms with Crippen LogP contribution in [0, 0.1) is 0 Å². The monoisotopic (exact) mass is 336 g/mol. The summed E-state index contributed by atoms with van der Waals surface area (Å²) in [5.74, 6) is 0.934. The first-order chi connectivity index (χ1) is 11.8. The predicted molar refractivity (Wildman–Crippen MR) is 101 cm³/mol. The van der Waals surface area contributed by atoms with Gasteiger partial charge in [-0.3, -0.25) is 4.40 Å². The number of aryl methyl sites for hydroxylation is 1. The predicted octanol–water partition coefficient (Wildman–Crippen LogP) is 5.57. The van der Waals surface area contributed by atoms with Crippen LogP contribution in [0.1, 0.15) is 25.8 Å². The molecule has 122 valence electrons. The van der Waals surface area contributed by atoms with Gasteiger partial charge in [-0.05, 0) is 36.6 Å². The van der Waals surface area contributed by atoms with Gasteiger partial charge in [0.2, 0.25) is 0 Å². The van der Waals surface area contributed by atoms with Gasteiger partial charge in [-0.15, -0.1) is 0 Å². The number of imidazole rings is 1. The van der Waals surface area contributed by atoms with Crippen molar-refractivity contribution in [3.8, 4) is 17.0 Å². The molecule has 2 aromatic carbocycles. The lowest BCUT2D eigenvalue weighted by molar-refractivity contribution is 0.318. The molecule has 4 heteroatoms. The van der Waals surface area contributed by atoms with Crippen molar-refractivity contribution < 1.29 is 4.74 Å². The van der Waals surface area contributed by atoms with Crippen LogP contribution in [0.4, 0.5) is 0 Å². The lowest BCUT2D eigenvalue weighted by atomic mass is 10.1. The SMILES string of the molecule is CCCOc1ccc2c(c1)sc1nc(-c3ccc(CC)cc3)cn12. The summed E-state index contributed by atoms with van der Waals surface area (Å²) in [7, 11) is 0. The van der Waals surface area contributed by atoms with E-state index >= 15 is 0 Å². The average Bonchev–Trinajstić information content (AvgIpc) is 3.17. The molecule has 0 radical (unpaired) electrons. The lowest BCUT2D eigenvalue weighted by Gasteiger charge is -2.03. The van der Waals surface area contributed by atoms with E-state index in [4.69, 9.17) is 9.72 Å². The molecular weight excluding hydrogens is 316 g/mol. The van der Waals surface area contributed by atoms with Crippen molar-refractivity contribution in [3.05, 3.63) is 54.2 Å².